The zero-order valence-electron chi connectivity index (χ0n) is 20.1. The second kappa shape index (κ2) is 8.90. The van der Waals surface area contributed by atoms with Gasteiger partial charge in [-0.05, 0) is 79.0 Å². The minimum atomic E-state index is -0.256. The third kappa shape index (κ3) is 4.05. The first-order valence-electron chi connectivity index (χ1n) is 12.5. The fourth-order valence-corrected chi connectivity index (χ4v) is 5.23. The zero-order valence-corrected chi connectivity index (χ0v) is 20.1. The van der Waals surface area contributed by atoms with Crippen LogP contribution < -0.4 is 0 Å². The van der Waals surface area contributed by atoms with Crippen LogP contribution in [0.1, 0.15) is 18.4 Å². The van der Waals surface area contributed by atoms with Gasteiger partial charge in [0.1, 0.15) is 17.2 Å². The predicted octanol–water partition coefficient (Wildman–Crippen LogP) is 5.97. The van der Waals surface area contributed by atoms with Gasteiger partial charge in [-0.1, -0.05) is 12.1 Å². The van der Waals surface area contributed by atoms with Gasteiger partial charge in [0.2, 0.25) is 0 Å². The molecule has 0 spiro atoms. The van der Waals surface area contributed by atoms with E-state index in [-0.39, 0.29) is 5.82 Å². The van der Waals surface area contributed by atoms with Crippen molar-refractivity contribution >= 4 is 21.9 Å². The number of hydrogen-bond donors (Lipinski definition) is 2. The molecule has 1 saturated heterocycles. The molecule has 2 N–H and O–H groups in total. The van der Waals surface area contributed by atoms with Crippen molar-refractivity contribution in [2.45, 2.75) is 19.4 Å². The van der Waals surface area contributed by atoms with Crippen LogP contribution in [0.5, 0.6) is 0 Å². The predicted molar refractivity (Wildman–Crippen MR) is 142 cm³/mol. The second-order valence-corrected chi connectivity index (χ2v) is 9.56. The summed E-state index contributed by atoms with van der Waals surface area (Å²) in [6.07, 6.45) is 9.92. The van der Waals surface area contributed by atoms with E-state index >= 15 is 0 Å². The number of pyridine rings is 3. The largest absolute Gasteiger partial charge is 0.338 e. The highest BCUT2D eigenvalue weighted by Crippen LogP contribution is 2.34. The monoisotopic (exact) mass is 489 g/mol. The first-order chi connectivity index (χ1) is 18.2. The highest BCUT2D eigenvalue weighted by molar-refractivity contribution is 6.00. The lowest BCUT2D eigenvalue weighted by molar-refractivity contribution is 0.331. The van der Waals surface area contributed by atoms with Crippen LogP contribution in [-0.2, 0) is 6.54 Å². The first kappa shape index (κ1) is 21.8. The number of hydrogen-bond acceptors (Lipinski definition) is 5. The van der Waals surface area contributed by atoms with Crippen LogP contribution in [0.15, 0.2) is 73.3 Å². The van der Waals surface area contributed by atoms with E-state index in [0.29, 0.717) is 0 Å². The summed E-state index contributed by atoms with van der Waals surface area (Å²) in [6.45, 7) is 3.21. The lowest BCUT2D eigenvalue weighted by Gasteiger charge is -2.14. The minimum absolute atomic E-state index is 0.256. The summed E-state index contributed by atoms with van der Waals surface area (Å²) in [7, 11) is 0. The van der Waals surface area contributed by atoms with Crippen molar-refractivity contribution in [3.05, 3.63) is 84.7 Å². The van der Waals surface area contributed by atoms with E-state index in [4.69, 9.17) is 0 Å². The van der Waals surface area contributed by atoms with Crippen LogP contribution >= 0.6 is 0 Å². The number of nitrogens with one attached hydrogen (secondary N) is 2. The number of aromatic amines is 2. The molecule has 0 amide bonds. The van der Waals surface area contributed by atoms with Gasteiger partial charge in [-0.15, -0.1) is 0 Å². The number of fused-ring (bicyclic) bond motifs is 2. The SMILES string of the molecule is Fc1ccc(-c2ccnc3[nH]c(-c4n[nH]c5cnc(-c6cncc(CN7CCCC7)c6)cc45)cc23)cc1. The summed E-state index contributed by atoms with van der Waals surface area (Å²) >= 11 is 0. The number of nitrogens with zero attached hydrogens (tertiary/aromatic N) is 5. The molecular weight excluding hydrogens is 465 g/mol. The van der Waals surface area contributed by atoms with Crippen LogP contribution in [-0.4, -0.2) is 48.1 Å². The average Bonchev–Trinajstić information content (AvgIpc) is 3.68. The van der Waals surface area contributed by atoms with E-state index in [9.17, 15) is 4.39 Å². The summed E-state index contributed by atoms with van der Waals surface area (Å²) in [4.78, 5) is 19.6. The van der Waals surface area contributed by atoms with E-state index < -0.39 is 0 Å². The number of halogens is 1. The van der Waals surface area contributed by atoms with Crippen LogP contribution in [0.25, 0.3) is 55.7 Å². The van der Waals surface area contributed by atoms with E-state index in [0.717, 1.165) is 75.3 Å². The molecule has 0 aliphatic carbocycles. The Bertz CT molecular complexity index is 1730. The molecule has 1 aliphatic rings. The van der Waals surface area contributed by atoms with E-state index in [1.54, 1.807) is 18.3 Å². The quantitative estimate of drug-likeness (QED) is 0.312. The molecule has 1 aliphatic heterocycles. The Labute approximate surface area is 212 Å². The van der Waals surface area contributed by atoms with Crippen molar-refractivity contribution in [3.8, 4) is 33.8 Å². The standard InChI is InChI=1S/C29H24FN7/c30-21-5-3-19(4-6-21)22-7-8-32-29-23(22)12-26(34-29)28-24-13-25(33-16-27(24)35-36-28)20-11-18(14-31-15-20)17-37-9-1-2-10-37/h3-8,11-16H,1-2,9-10,17H2,(H,32,34)(H,35,36). The maximum Gasteiger partial charge on any atom is 0.138 e. The van der Waals surface area contributed by atoms with Gasteiger partial charge in [-0.25, -0.2) is 9.37 Å². The maximum atomic E-state index is 13.5. The van der Waals surface area contributed by atoms with Gasteiger partial charge in [-0.3, -0.25) is 20.0 Å². The fourth-order valence-electron chi connectivity index (χ4n) is 5.23. The van der Waals surface area contributed by atoms with E-state index in [1.165, 1.54) is 30.5 Å². The van der Waals surface area contributed by atoms with Crippen LogP contribution in [0.3, 0.4) is 0 Å². The number of benzene rings is 1. The van der Waals surface area contributed by atoms with Crippen molar-refractivity contribution in [3.63, 3.8) is 0 Å². The van der Waals surface area contributed by atoms with Crippen LogP contribution in [0, 0.1) is 5.82 Å². The Kier molecular flexibility index (Phi) is 5.25. The Balaban J connectivity index is 1.27. The van der Waals surface area contributed by atoms with E-state index in [2.05, 4.69) is 53.2 Å². The Morgan fingerprint density at radius 3 is 2.59 bits per heavy atom. The molecule has 5 aromatic heterocycles. The van der Waals surface area contributed by atoms with Gasteiger partial charge in [0, 0.05) is 41.5 Å². The topological polar surface area (TPSA) is 86.4 Å². The van der Waals surface area contributed by atoms with Crippen molar-refractivity contribution in [2.75, 3.05) is 13.1 Å². The number of H-pyrrole nitrogens is 2. The molecule has 0 unspecified atom stereocenters. The molecule has 0 atom stereocenters. The lowest BCUT2D eigenvalue weighted by Crippen LogP contribution is -2.18. The smallest absolute Gasteiger partial charge is 0.138 e. The van der Waals surface area contributed by atoms with Crippen molar-refractivity contribution in [1.29, 1.82) is 0 Å². The van der Waals surface area contributed by atoms with Gasteiger partial charge in [0.05, 0.1) is 23.1 Å². The van der Waals surface area contributed by atoms with Gasteiger partial charge < -0.3 is 4.98 Å². The van der Waals surface area contributed by atoms with Crippen molar-refractivity contribution in [2.24, 2.45) is 0 Å². The summed E-state index contributed by atoms with van der Waals surface area (Å²) in [5.41, 5.74) is 8.20. The first-order valence-corrected chi connectivity index (χ1v) is 12.5. The van der Waals surface area contributed by atoms with Crippen LogP contribution in [0.2, 0.25) is 0 Å². The van der Waals surface area contributed by atoms with Gasteiger partial charge in [-0.2, -0.15) is 5.10 Å². The minimum Gasteiger partial charge on any atom is -0.338 e. The van der Waals surface area contributed by atoms with Gasteiger partial charge in [0.15, 0.2) is 0 Å². The molecule has 0 bridgehead atoms. The zero-order chi connectivity index (χ0) is 24.8. The molecule has 37 heavy (non-hydrogen) atoms. The number of rotatable bonds is 5. The molecule has 0 radical (unpaired) electrons. The molecule has 1 fully saturated rings. The number of likely N-dealkylation sites (tertiary alicyclic amines) is 1. The highest BCUT2D eigenvalue weighted by atomic mass is 19.1. The molecule has 0 saturated carbocycles. The van der Waals surface area contributed by atoms with Crippen molar-refractivity contribution in [1.82, 2.24) is 35.0 Å². The van der Waals surface area contributed by atoms with Gasteiger partial charge >= 0.3 is 0 Å². The highest BCUT2D eigenvalue weighted by Gasteiger charge is 2.16. The van der Waals surface area contributed by atoms with E-state index in [1.807, 2.05) is 24.7 Å². The normalized spacial score (nSPS) is 14.2. The molecule has 182 valence electrons. The Hall–Kier alpha value is -4.43. The molecule has 6 heterocycles. The van der Waals surface area contributed by atoms with Crippen LogP contribution in [0.4, 0.5) is 4.39 Å². The molecular formula is C29H24FN7. The Morgan fingerprint density at radius 2 is 1.73 bits per heavy atom. The summed E-state index contributed by atoms with van der Waals surface area (Å²) < 4.78 is 13.5. The molecule has 7 rings (SSSR count). The molecule has 6 aromatic rings. The van der Waals surface area contributed by atoms with Gasteiger partial charge in [0.25, 0.3) is 0 Å². The molecule has 1 aromatic carbocycles. The van der Waals surface area contributed by atoms with Crippen molar-refractivity contribution < 1.29 is 4.39 Å². The summed E-state index contributed by atoms with van der Waals surface area (Å²) in [5, 5.41) is 9.62. The third-order valence-corrected chi connectivity index (χ3v) is 7.08. The lowest BCUT2D eigenvalue weighted by atomic mass is 10.0. The Morgan fingerprint density at radius 1 is 0.865 bits per heavy atom. The second-order valence-electron chi connectivity index (χ2n) is 9.56. The molecule has 7 nitrogen and oxygen atoms in total. The third-order valence-electron chi connectivity index (χ3n) is 7.08. The number of aromatic nitrogens is 6. The maximum absolute atomic E-state index is 13.5. The summed E-state index contributed by atoms with van der Waals surface area (Å²) in [5.74, 6) is -0.256. The fraction of sp³-hybridized carbons (Fsp3) is 0.172. The average molecular weight is 490 g/mol. The summed E-state index contributed by atoms with van der Waals surface area (Å²) in [6, 6.07) is 14.7. The molecule has 8 heteroatoms.